The summed E-state index contributed by atoms with van der Waals surface area (Å²) in [6.45, 7) is 9.95. The van der Waals surface area contributed by atoms with E-state index in [2.05, 4.69) is 62.3 Å². The number of likely N-dealkylation sites (tertiary alicyclic amines) is 1. The third-order valence-corrected chi connectivity index (χ3v) is 7.18. The van der Waals surface area contributed by atoms with Crippen LogP contribution in [0.2, 0.25) is 0 Å². The molecule has 3 heterocycles. The Morgan fingerprint density at radius 2 is 1.81 bits per heavy atom. The third kappa shape index (κ3) is 4.81. The molecule has 1 saturated carbocycles. The summed E-state index contributed by atoms with van der Waals surface area (Å²) in [7, 11) is 0. The van der Waals surface area contributed by atoms with Crippen molar-refractivity contribution in [2.45, 2.75) is 58.1 Å². The van der Waals surface area contributed by atoms with Crippen molar-refractivity contribution >= 4 is 23.4 Å². The highest BCUT2D eigenvalue weighted by atomic mass is 16.3. The molecule has 2 aromatic rings. The molecule has 6 heteroatoms. The first-order valence-electron chi connectivity index (χ1n) is 12.0. The molecule has 0 unspecified atom stereocenters. The Hall–Kier alpha value is -2.44. The second kappa shape index (κ2) is 8.49. The second-order valence-corrected chi connectivity index (χ2v) is 10.2. The van der Waals surface area contributed by atoms with E-state index in [1.54, 1.807) is 0 Å². The molecular weight excluding hydrogens is 398 g/mol. The lowest BCUT2D eigenvalue weighted by Gasteiger charge is -2.50. The Balaban J connectivity index is 1.16. The average molecular weight is 434 g/mol. The minimum atomic E-state index is -0.477. The van der Waals surface area contributed by atoms with Crippen LogP contribution in [0.1, 0.15) is 50.8 Å². The van der Waals surface area contributed by atoms with Gasteiger partial charge in [-0.15, -0.1) is 0 Å². The van der Waals surface area contributed by atoms with Gasteiger partial charge in [0.1, 0.15) is 0 Å². The van der Waals surface area contributed by atoms with Crippen molar-refractivity contribution < 1.29 is 5.11 Å². The quantitative estimate of drug-likeness (QED) is 0.705. The van der Waals surface area contributed by atoms with E-state index in [0.29, 0.717) is 12.0 Å². The standard InChI is InChI=1S/C26H35N5O/c1-18(20-4-5-20)14-21-15-27-25(28-19(21)2)29-22-6-8-23(9-7-22)30-12-10-24(11-13-30)31-16-26(3,32)17-31/h6-9,14-15,20,24,32H,4-5,10-13,16-17H2,1-3H3,(H,27,28,29)/b18-14+. The van der Waals surface area contributed by atoms with E-state index in [1.165, 1.54) is 24.1 Å². The summed E-state index contributed by atoms with van der Waals surface area (Å²) in [5, 5.41) is 13.3. The van der Waals surface area contributed by atoms with Crippen LogP contribution in [0, 0.1) is 12.8 Å². The van der Waals surface area contributed by atoms with Crippen LogP contribution < -0.4 is 10.2 Å². The lowest BCUT2D eigenvalue weighted by Crippen LogP contribution is -2.64. The molecular formula is C26H35N5O. The van der Waals surface area contributed by atoms with Gasteiger partial charge in [-0.3, -0.25) is 4.90 Å². The molecule has 2 aliphatic heterocycles. The van der Waals surface area contributed by atoms with E-state index in [9.17, 15) is 5.11 Å². The summed E-state index contributed by atoms with van der Waals surface area (Å²) in [5.41, 5.74) is 5.34. The molecule has 5 rings (SSSR count). The molecule has 1 aliphatic carbocycles. The minimum absolute atomic E-state index is 0.477. The smallest absolute Gasteiger partial charge is 0.227 e. The van der Waals surface area contributed by atoms with Crippen LogP contribution in [-0.2, 0) is 0 Å². The maximum absolute atomic E-state index is 9.99. The molecule has 0 amide bonds. The van der Waals surface area contributed by atoms with Gasteiger partial charge in [0.2, 0.25) is 5.95 Å². The number of hydrogen-bond donors (Lipinski definition) is 2. The Bertz CT molecular complexity index is 980. The Labute approximate surface area is 191 Å². The fourth-order valence-electron chi connectivity index (χ4n) is 5.04. The van der Waals surface area contributed by atoms with Crippen molar-refractivity contribution in [3.05, 3.63) is 47.3 Å². The molecule has 6 nitrogen and oxygen atoms in total. The summed E-state index contributed by atoms with van der Waals surface area (Å²) in [6.07, 6.45) is 9.11. The monoisotopic (exact) mass is 433 g/mol. The third-order valence-electron chi connectivity index (χ3n) is 7.18. The predicted molar refractivity (Wildman–Crippen MR) is 130 cm³/mol. The molecule has 0 atom stereocenters. The number of piperidine rings is 1. The lowest BCUT2D eigenvalue weighted by molar-refractivity contribution is -0.105. The number of aromatic nitrogens is 2. The van der Waals surface area contributed by atoms with Crippen molar-refractivity contribution in [3.63, 3.8) is 0 Å². The van der Waals surface area contributed by atoms with Crippen LogP contribution in [0.25, 0.3) is 6.08 Å². The second-order valence-electron chi connectivity index (χ2n) is 10.2. The summed E-state index contributed by atoms with van der Waals surface area (Å²) >= 11 is 0. The topological polar surface area (TPSA) is 64.5 Å². The van der Waals surface area contributed by atoms with Gasteiger partial charge in [0.15, 0.2) is 0 Å². The van der Waals surface area contributed by atoms with Gasteiger partial charge in [-0.2, -0.15) is 0 Å². The molecule has 3 fully saturated rings. The van der Waals surface area contributed by atoms with Gasteiger partial charge in [0.25, 0.3) is 0 Å². The predicted octanol–water partition coefficient (Wildman–Crippen LogP) is 4.38. The first-order chi connectivity index (χ1) is 15.4. The van der Waals surface area contributed by atoms with Gasteiger partial charge in [-0.05, 0) is 76.6 Å². The first kappa shape index (κ1) is 21.4. The van der Waals surface area contributed by atoms with E-state index in [0.717, 1.165) is 61.9 Å². The highest BCUT2D eigenvalue weighted by Crippen LogP contribution is 2.37. The van der Waals surface area contributed by atoms with Gasteiger partial charge in [0.05, 0.1) is 11.3 Å². The summed E-state index contributed by atoms with van der Waals surface area (Å²) < 4.78 is 0. The van der Waals surface area contributed by atoms with E-state index in [1.807, 2.05) is 20.0 Å². The van der Waals surface area contributed by atoms with Crippen molar-refractivity contribution in [2.75, 3.05) is 36.4 Å². The Morgan fingerprint density at radius 1 is 1.12 bits per heavy atom. The van der Waals surface area contributed by atoms with Crippen molar-refractivity contribution in [3.8, 4) is 0 Å². The number of rotatable bonds is 6. The van der Waals surface area contributed by atoms with E-state index < -0.39 is 5.60 Å². The van der Waals surface area contributed by atoms with Crippen LogP contribution in [-0.4, -0.2) is 57.8 Å². The van der Waals surface area contributed by atoms with Crippen LogP contribution in [0.15, 0.2) is 36.0 Å². The fraction of sp³-hybridized carbons (Fsp3) is 0.538. The summed E-state index contributed by atoms with van der Waals surface area (Å²) in [4.78, 5) is 14.1. The number of nitrogens with one attached hydrogen (secondary N) is 1. The number of aliphatic hydroxyl groups is 1. The molecule has 0 bridgehead atoms. The van der Waals surface area contributed by atoms with Gasteiger partial charge in [-0.25, -0.2) is 9.97 Å². The van der Waals surface area contributed by atoms with Crippen LogP contribution >= 0.6 is 0 Å². The normalized spacial score (nSPS) is 22.0. The van der Waals surface area contributed by atoms with Crippen molar-refractivity contribution in [1.82, 2.24) is 14.9 Å². The molecule has 3 aliphatic rings. The summed E-state index contributed by atoms with van der Waals surface area (Å²) in [5.74, 6) is 1.41. The largest absolute Gasteiger partial charge is 0.388 e. The zero-order valence-corrected chi connectivity index (χ0v) is 19.5. The number of anilines is 3. The van der Waals surface area contributed by atoms with E-state index >= 15 is 0 Å². The number of nitrogens with zero attached hydrogens (tertiary/aromatic N) is 4. The Kier molecular flexibility index (Phi) is 5.68. The van der Waals surface area contributed by atoms with E-state index in [4.69, 9.17) is 0 Å². The number of benzene rings is 1. The minimum Gasteiger partial charge on any atom is -0.388 e. The molecule has 1 aromatic heterocycles. The number of aryl methyl sites for hydroxylation is 1. The molecule has 1 aromatic carbocycles. The fourth-order valence-corrected chi connectivity index (χ4v) is 5.04. The van der Waals surface area contributed by atoms with Gasteiger partial charge in [-0.1, -0.05) is 11.6 Å². The summed E-state index contributed by atoms with van der Waals surface area (Å²) in [6, 6.07) is 9.19. The first-order valence-corrected chi connectivity index (χ1v) is 12.0. The number of hydrogen-bond acceptors (Lipinski definition) is 6. The van der Waals surface area contributed by atoms with Crippen molar-refractivity contribution in [1.29, 1.82) is 0 Å². The van der Waals surface area contributed by atoms with Crippen molar-refractivity contribution in [2.24, 2.45) is 5.92 Å². The van der Waals surface area contributed by atoms with Gasteiger partial charge >= 0.3 is 0 Å². The molecule has 2 saturated heterocycles. The SMILES string of the molecule is C/C(=C\c1cnc(Nc2ccc(N3CCC(N4CC(C)(O)C4)CC3)cc2)nc1C)C1CC1. The van der Waals surface area contributed by atoms with Crippen LogP contribution in [0.3, 0.4) is 0 Å². The molecule has 0 radical (unpaired) electrons. The van der Waals surface area contributed by atoms with Crippen LogP contribution in [0.5, 0.6) is 0 Å². The number of β-amino-alcohol motifs (C(OH)–C–C–N with tert-alkyl or cyclic N) is 1. The maximum atomic E-state index is 9.99. The highest BCUT2D eigenvalue weighted by molar-refractivity contribution is 5.61. The average Bonchev–Trinajstić information content (AvgIpc) is 3.60. The molecule has 170 valence electrons. The van der Waals surface area contributed by atoms with Gasteiger partial charge < -0.3 is 15.3 Å². The van der Waals surface area contributed by atoms with Crippen LogP contribution in [0.4, 0.5) is 17.3 Å². The zero-order chi connectivity index (χ0) is 22.3. The zero-order valence-electron chi connectivity index (χ0n) is 19.5. The number of allylic oxidation sites excluding steroid dienone is 1. The molecule has 2 N–H and O–H groups in total. The molecule has 32 heavy (non-hydrogen) atoms. The molecule has 0 spiro atoms. The van der Waals surface area contributed by atoms with E-state index in [-0.39, 0.29) is 0 Å². The highest BCUT2D eigenvalue weighted by Gasteiger charge is 2.40. The Morgan fingerprint density at radius 3 is 2.41 bits per heavy atom. The lowest BCUT2D eigenvalue weighted by atomic mass is 9.91. The van der Waals surface area contributed by atoms with Gasteiger partial charge in [0, 0.05) is 55.4 Å². The maximum Gasteiger partial charge on any atom is 0.227 e.